The molecule has 2 heterocycles. The number of hydrogen-bond donors (Lipinski definition) is 2. The van der Waals surface area contributed by atoms with Gasteiger partial charge in [0, 0.05) is 17.0 Å². The number of aromatic nitrogens is 2. The van der Waals surface area contributed by atoms with Crippen molar-refractivity contribution in [3.63, 3.8) is 0 Å². The molecule has 0 aliphatic rings. The van der Waals surface area contributed by atoms with Crippen molar-refractivity contribution in [1.82, 2.24) is 9.97 Å². The monoisotopic (exact) mass is 302 g/mol. The van der Waals surface area contributed by atoms with E-state index < -0.39 is 0 Å². The summed E-state index contributed by atoms with van der Waals surface area (Å²) in [6, 6.07) is 8.73. The van der Waals surface area contributed by atoms with E-state index >= 15 is 0 Å². The number of halogens is 1. The first-order chi connectivity index (χ1) is 10.2. The molecule has 0 bridgehead atoms. The number of rotatable bonds is 4. The van der Waals surface area contributed by atoms with Crippen LogP contribution in [0.15, 0.2) is 30.3 Å². The number of thiophene rings is 1. The fraction of sp³-hybridized carbons (Fsp3) is 0.200. The Hall–Kier alpha value is -2.21. The summed E-state index contributed by atoms with van der Waals surface area (Å²) >= 11 is 1.61. The first-order valence-corrected chi connectivity index (χ1v) is 7.52. The zero-order valence-electron chi connectivity index (χ0n) is 11.6. The van der Waals surface area contributed by atoms with Gasteiger partial charge in [0.25, 0.3) is 0 Å². The minimum Gasteiger partial charge on any atom is -0.368 e. The average molecular weight is 302 g/mol. The van der Waals surface area contributed by atoms with Gasteiger partial charge in [-0.25, -0.2) is 9.37 Å². The lowest BCUT2D eigenvalue weighted by Crippen LogP contribution is -2.05. The Bertz CT molecular complexity index is 784. The number of nitrogens with zero attached hydrogens (tertiary/aromatic N) is 2. The zero-order valence-corrected chi connectivity index (χ0v) is 12.4. The Labute approximate surface area is 125 Å². The van der Waals surface area contributed by atoms with Gasteiger partial charge in [-0.3, -0.25) is 0 Å². The molecule has 1 aromatic carbocycles. The Morgan fingerprint density at radius 1 is 1.29 bits per heavy atom. The second kappa shape index (κ2) is 5.65. The predicted molar refractivity (Wildman–Crippen MR) is 84.9 cm³/mol. The molecule has 0 aliphatic heterocycles. The van der Waals surface area contributed by atoms with Gasteiger partial charge in [-0.2, -0.15) is 4.98 Å². The molecular weight excluding hydrogens is 287 g/mol. The summed E-state index contributed by atoms with van der Waals surface area (Å²) in [5.74, 6) is 0.641. The maximum absolute atomic E-state index is 13.6. The predicted octanol–water partition coefficient (Wildman–Crippen LogP) is 3.59. The van der Waals surface area contributed by atoms with Gasteiger partial charge in [0.15, 0.2) is 0 Å². The van der Waals surface area contributed by atoms with Crippen LogP contribution in [0.1, 0.15) is 17.4 Å². The summed E-state index contributed by atoms with van der Waals surface area (Å²) in [5, 5.41) is 4.09. The number of nitrogens with two attached hydrogens (primary N) is 1. The fourth-order valence-corrected chi connectivity index (χ4v) is 3.09. The van der Waals surface area contributed by atoms with Gasteiger partial charge >= 0.3 is 0 Å². The Balaban J connectivity index is 1.93. The maximum atomic E-state index is 13.6. The van der Waals surface area contributed by atoms with Gasteiger partial charge in [0.1, 0.15) is 16.5 Å². The van der Waals surface area contributed by atoms with Crippen LogP contribution < -0.4 is 11.1 Å². The summed E-state index contributed by atoms with van der Waals surface area (Å²) in [7, 11) is 0. The van der Waals surface area contributed by atoms with Crippen LogP contribution in [-0.4, -0.2) is 9.97 Å². The largest absolute Gasteiger partial charge is 0.368 e. The third-order valence-electron chi connectivity index (χ3n) is 3.21. The highest BCUT2D eigenvalue weighted by molar-refractivity contribution is 7.18. The Morgan fingerprint density at radius 3 is 2.86 bits per heavy atom. The van der Waals surface area contributed by atoms with E-state index in [2.05, 4.69) is 28.3 Å². The van der Waals surface area contributed by atoms with E-state index in [1.807, 2.05) is 6.07 Å². The number of nitrogen functional groups attached to an aromatic ring is 1. The van der Waals surface area contributed by atoms with E-state index in [0.717, 1.165) is 16.6 Å². The Morgan fingerprint density at radius 2 is 2.10 bits per heavy atom. The number of hydrogen-bond acceptors (Lipinski definition) is 5. The van der Waals surface area contributed by atoms with E-state index in [0.29, 0.717) is 17.9 Å². The van der Waals surface area contributed by atoms with Crippen molar-refractivity contribution >= 4 is 33.3 Å². The molecule has 3 N–H and O–H groups in total. The van der Waals surface area contributed by atoms with Crippen LogP contribution in [0.3, 0.4) is 0 Å². The average Bonchev–Trinajstić information content (AvgIpc) is 2.89. The standard InChI is InChI=1S/C15H15FN4S/c1-2-10-7-11-13(19-15(17)20-14(11)21-10)18-8-9-5-3-4-6-12(9)16/h3-7H,2,8H2,1H3,(H3,17,18,19,20). The van der Waals surface area contributed by atoms with E-state index in [9.17, 15) is 4.39 Å². The lowest BCUT2D eigenvalue weighted by molar-refractivity contribution is 0.613. The quantitative estimate of drug-likeness (QED) is 0.773. The second-order valence-corrected chi connectivity index (χ2v) is 5.78. The van der Waals surface area contributed by atoms with Gasteiger partial charge in [0.05, 0.1) is 5.39 Å². The first-order valence-electron chi connectivity index (χ1n) is 6.70. The van der Waals surface area contributed by atoms with Gasteiger partial charge in [-0.05, 0) is 18.6 Å². The highest BCUT2D eigenvalue weighted by Crippen LogP contribution is 2.30. The van der Waals surface area contributed by atoms with Crippen LogP contribution in [0.4, 0.5) is 16.2 Å². The number of aryl methyl sites for hydroxylation is 1. The Kier molecular flexibility index (Phi) is 3.70. The molecule has 0 unspecified atom stereocenters. The molecule has 6 heteroatoms. The van der Waals surface area contributed by atoms with Crippen LogP contribution in [-0.2, 0) is 13.0 Å². The SMILES string of the molecule is CCc1cc2c(NCc3ccccc3F)nc(N)nc2s1. The molecule has 0 radical (unpaired) electrons. The molecule has 3 rings (SSSR count). The summed E-state index contributed by atoms with van der Waals surface area (Å²) in [4.78, 5) is 10.6. The molecule has 0 saturated carbocycles. The molecule has 0 saturated heterocycles. The van der Waals surface area contributed by atoms with Crippen molar-refractivity contribution in [2.45, 2.75) is 19.9 Å². The molecule has 21 heavy (non-hydrogen) atoms. The molecule has 0 amide bonds. The van der Waals surface area contributed by atoms with E-state index in [4.69, 9.17) is 5.73 Å². The van der Waals surface area contributed by atoms with Crippen molar-refractivity contribution < 1.29 is 4.39 Å². The third-order valence-corrected chi connectivity index (χ3v) is 4.39. The zero-order chi connectivity index (χ0) is 14.8. The van der Waals surface area contributed by atoms with Crippen LogP contribution >= 0.6 is 11.3 Å². The smallest absolute Gasteiger partial charge is 0.223 e. The maximum Gasteiger partial charge on any atom is 0.223 e. The highest BCUT2D eigenvalue weighted by atomic mass is 32.1. The van der Waals surface area contributed by atoms with Crippen LogP contribution in [0.25, 0.3) is 10.2 Å². The second-order valence-electron chi connectivity index (χ2n) is 4.66. The number of nitrogens with one attached hydrogen (secondary N) is 1. The molecular formula is C15H15FN4S. The van der Waals surface area contributed by atoms with Gasteiger partial charge in [0.2, 0.25) is 5.95 Å². The van der Waals surface area contributed by atoms with Crippen molar-refractivity contribution in [3.05, 3.63) is 46.6 Å². The highest BCUT2D eigenvalue weighted by Gasteiger charge is 2.10. The minimum absolute atomic E-state index is 0.225. The number of fused-ring (bicyclic) bond motifs is 1. The molecule has 0 aliphatic carbocycles. The van der Waals surface area contributed by atoms with Gasteiger partial charge in [-0.1, -0.05) is 25.1 Å². The van der Waals surface area contributed by atoms with Crippen molar-refractivity contribution in [2.24, 2.45) is 0 Å². The van der Waals surface area contributed by atoms with E-state index in [1.165, 1.54) is 10.9 Å². The van der Waals surface area contributed by atoms with Gasteiger partial charge in [-0.15, -0.1) is 11.3 Å². The van der Waals surface area contributed by atoms with Gasteiger partial charge < -0.3 is 11.1 Å². The van der Waals surface area contributed by atoms with Crippen LogP contribution in [0.5, 0.6) is 0 Å². The van der Waals surface area contributed by atoms with E-state index in [-0.39, 0.29) is 11.8 Å². The summed E-state index contributed by atoms with van der Waals surface area (Å²) in [6.45, 7) is 2.45. The van der Waals surface area contributed by atoms with Crippen LogP contribution in [0.2, 0.25) is 0 Å². The number of benzene rings is 1. The molecule has 0 fully saturated rings. The normalized spacial score (nSPS) is 11.0. The van der Waals surface area contributed by atoms with Crippen molar-refractivity contribution in [2.75, 3.05) is 11.1 Å². The summed E-state index contributed by atoms with van der Waals surface area (Å²) in [5.41, 5.74) is 6.34. The van der Waals surface area contributed by atoms with Crippen molar-refractivity contribution in [1.29, 1.82) is 0 Å². The minimum atomic E-state index is -0.233. The summed E-state index contributed by atoms with van der Waals surface area (Å²) < 4.78 is 13.6. The molecule has 108 valence electrons. The topological polar surface area (TPSA) is 63.8 Å². The molecule has 3 aromatic rings. The molecule has 0 atom stereocenters. The molecule has 0 spiro atoms. The molecule has 2 aromatic heterocycles. The van der Waals surface area contributed by atoms with Crippen molar-refractivity contribution in [3.8, 4) is 0 Å². The number of anilines is 2. The van der Waals surface area contributed by atoms with Crippen LogP contribution in [0, 0.1) is 5.82 Å². The first kappa shape index (κ1) is 13.8. The third kappa shape index (κ3) is 2.80. The molecule has 4 nitrogen and oxygen atoms in total. The lowest BCUT2D eigenvalue weighted by Gasteiger charge is -2.08. The fourth-order valence-electron chi connectivity index (χ4n) is 2.12. The summed E-state index contributed by atoms with van der Waals surface area (Å²) in [6.07, 6.45) is 0.938. The van der Waals surface area contributed by atoms with E-state index in [1.54, 1.807) is 23.5 Å². The lowest BCUT2D eigenvalue weighted by atomic mass is 10.2.